The first kappa shape index (κ1) is 13.4. The number of benzene rings is 2. The Hall–Kier alpha value is -2.62. The first-order valence-corrected chi connectivity index (χ1v) is 6.62. The first-order chi connectivity index (χ1) is 10.1. The van der Waals surface area contributed by atoms with E-state index >= 15 is 0 Å². The number of hydrogen-bond acceptors (Lipinski definition) is 2. The van der Waals surface area contributed by atoms with E-state index in [1.54, 1.807) is 6.92 Å². The third-order valence-corrected chi connectivity index (χ3v) is 3.50. The van der Waals surface area contributed by atoms with Gasteiger partial charge in [-0.25, -0.2) is 4.39 Å². The maximum atomic E-state index is 13.3. The summed E-state index contributed by atoms with van der Waals surface area (Å²) >= 11 is 0. The number of nitrogens with one attached hydrogen (secondary N) is 1. The molecule has 4 heteroatoms. The predicted octanol–water partition coefficient (Wildman–Crippen LogP) is 4.44. The van der Waals surface area contributed by atoms with Gasteiger partial charge in [0, 0.05) is 16.6 Å². The second kappa shape index (κ2) is 5.05. The minimum absolute atomic E-state index is 0.207. The monoisotopic (exact) mass is 283 g/mol. The maximum absolute atomic E-state index is 13.3. The molecule has 21 heavy (non-hydrogen) atoms. The van der Waals surface area contributed by atoms with Gasteiger partial charge >= 0.3 is 0 Å². The smallest absolute Gasteiger partial charge is 0.291 e. The Kier molecular flexibility index (Phi) is 3.22. The van der Waals surface area contributed by atoms with Crippen molar-refractivity contribution in [3.05, 3.63) is 65.2 Å². The third-order valence-electron chi connectivity index (χ3n) is 3.50. The zero-order valence-electron chi connectivity index (χ0n) is 11.7. The normalized spacial score (nSPS) is 10.8. The number of hydrogen-bond donors (Lipinski definition) is 1. The number of amides is 1. The molecular formula is C17H14FNO2. The van der Waals surface area contributed by atoms with Gasteiger partial charge < -0.3 is 9.73 Å². The molecule has 0 aliphatic rings. The molecular weight excluding hydrogens is 269 g/mol. The van der Waals surface area contributed by atoms with Crippen molar-refractivity contribution in [1.82, 2.24) is 0 Å². The molecule has 3 nitrogen and oxygen atoms in total. The lowest BCUT2D eigenvalue weighted by Crippen LogP contribution is -2.12. The minimum Gasteiger partial charge on any atom is -0.451 e. The molecule has 0 saturated carbocycles. The molecule has 0 fully saturated rings. The molecule has 1 heterocycles. The van der Waals surface area contributed by atoms with E-state index in [1.807, 2.05) is 31.2 Å². The number of anilines is 1. The summed E-state index contributed by atoms with van der Waals surface area (Å²) in [5.74, 6) is -0.477. The van der Waals surface area contributed by atoms with Crippen LogP contribution in [0.25, 0.3) is 11.0 Å². The molecule has 0 atom stereocenters. The van der Waals surface area contributed by atoms with Crippen LogP contribution >= 0.6 is 0 Å². The van der Waals surface area contributed by atoms with Gasteiger partial charge in [0.05, 0.1) is 0 Å². The second-order valence-corrected chi connectivity index (χ2v) is 4.97. The molecule has 3 aromatic rings. The van der Waals surface area contributed by atoms with E-state index in [-0.39, 0.29) is 17.5 Å². The minimum atomic E-state index is -0.350. The van der Waals surface area contributed by atoms with Gasteiger partial charge in [-0.1, -0.05) is 18.2 Å². The number of carbonyl (C=O) groups excluding carboxylic acids is 1. The van der Waals surface area contributed by atoms with E-state index in [0.717, 1.165) is 11.3 Å². The summed E-state index contributed by atoms with van der Waals surface area (Å²) in [5, 5.41) is 3.43. The van der Waals surface area contributed by atoms with Gasteiger partial charge in [0.25, 0.3) is 5.91 Å². The summed E-state index contributed by atoms with van der Waals surface area (Å²) in [4.78, 5) is 12.3. The Morgan fingerprint density at radius 1 is 1.14 bits per heavy atom. The predicted molar refractivity (Wildman–Crippen MR) is 80.0 cm³/mol. The van der Waals surface area contributed by atoms with E-state index in [0.29, 0.717) is 16.5 Å². The number of para-hydroxylation sites is 1. The average molecular weight is 283 g/mol. The molecule has 0 aliphatic carbocycles. The molecule has 0 radical (unpaired) electrons. The van der Waals surface area contributed by atoms with Crippen molar-refractivity contribution >= 4 is 22.6 Å². The van der Waals surface area contributed by atoms with Crippen LogP contribution in [0.3, 0.4) is 0 Å². The Bertz CT molecular complexity index is 836. The van der Waals surface area contributed by atoms with Crippen molar-refractivity contribution in [3.8, 4) is 0 Å². The number of halogens is 1. The fourth-order valence-electron chi connectivity index (χ4n) is 2.30. The van der Waals surface area contributed by atoms with Gasteiger partial charge in [0.2, 0.25) is 0 Å². The number of furan rings is 1. The summed E-state index contributed by atoms with van der Waals surface area (Å²) < 4.78 is 18.8. The molecule has 106 valence electrons. The summed E-state index contributed by atoms with van der Waals surface area (Å²) in [7, 11) is 0. The Morgan fingerprint density at radius 2 is 1.90 bits per heavy atom. The Labute approximate surface area is 121 Å². The van der Waals surface area contributed by atoms with Crippen LogP contribution in [0.15, 0.2) is 46.9 Å². The highest BCUT2D eigenvalue weighted by atomic mass is 19.1. The lowest BCUT2D eigenvalue weighted by atomic mass is 10.1. The topological polar surface area (TPSA) is 42.2 Å². The quantitative estimate of drug-likeness (QED) is 0.755. The highest BCUT2D eigenvalue weighted by molar-refractivity contribution is 6.06. The molecule has 0 saturated heterocycles. The fraction of sp³-hybridized carbons (Fsp3) is 0.118. The average Bonchev–Trinajstić information content (AvgIpc) is 2.79. The van der Waals surface area contributed by atoms with Gasteiger partial charge in [-0.3, -0.25) is 4.79 Å². The summed E-state index contributed by atoms with van der Waals surface area (Å²) in [5.41, 5.74) is 2.83. The number of fused-ring (bicyclic) bond motifs is 1. The van der Waals surface area contributed by atoms with Crippen molar-refractivity contribution in [2.24, 2.45) is 0 Å². The SMILES string of the molecule is Cc1ccccc1NC(=O)c1oc2ccc(F)cc2c1C. The van der Waals surface area contributed by atoms with E-state index in [1.165, 1.54) is 18.2 Å². The zero-order valence-corrected chi connectivity index (χ0v) is 11.7. The van der Waals surface area contributed by atoms with E-state index < -0.39 is 0 Å². The molecule has 0 bridgehead atoms. The van der Waals surface area contributed by atoms with Gasteiger partial charge in [0.15, 0.2) is 5.76 Å². The highest BCUT2D eigenvalue weighted by Crippen LogP contribution is 2.27. The van der Waals surface area contributed by atoms with Crippen LogP contribution in [0.2, 0.25) is 0 Å². The fourth-order valence-corrected chi connectivity index (χ4v) is 2.30. The van der Waals surface area contributed by atoms with Crippen molar-refractivity contribution in [2.75, 3.05) is 5.32 Å². The van der Waals surface area contributed by atoms with Crippen molar-refractivity contribution in [3.63, 3.8) is 0 Å². The van der Waals surface area contributed by atoms with Gasteiger partial charge in [-0.05, 0) is 43.7 Å². The lowest BCUT2D eigenvalue weighted by Gasteiger charge is -2.06. The molecule has 1 aromatic heterocycles. The Morgan fingerprint density at radius 3 is 2.67 bits per heavy atom. The van der Waals surface area contributed by atoms with Gasteiger partial charge in [-0.15, -0.1) is 0 Å². The number of carbonyl (C=O) groups is 1. The van der Waals surface area contributed by atoms with E-state index in [4.69, 9.17) is 4.42 Å². The van der Waals surface area contributed by atoms with E-state index in [9.17, 15) is 9.18 Å². The van der Waals surface area contributed by atoms with Crippen LogP contribution in [0, 0.1) is 19.7 Å². The summed E-state index contributed by atoms with van der Waals surface area (Å²) in [6.45, 7) is 3.66. The first-order valence-electron chi connectivity index (χ1n) is 6.62. The standard InChI is InChI=1S/C17H14FNO2/c1-10-5-3-4-6-14(10)19-17(20)16-11(2)13-9-12(18)7-8-15(13)21-16/h3-9H,1-2H3,(H,19,20). The highest BCUT2D eigenvalue weighted by Gasteiger charge is 2.18. The van der Waals surface area contributed by atoms with Crippen LogP contribution in [0.1, 0.15) is 21.7 Å². The number of aryl methyl sites for hydroxylation is 2. The van der Waals surface area contributed by atoms with Crippen LogP contribution in [0.5, 0.6) is 0 Å². The summed E-state index contributed by atoms with van der Waals surface area (Å²) in [6.07, 6.45) is 0. The van der Waals surface area contributed by atoms with Crippen LogP contribution in [-0.2, 0) is 0 Å². The lowest BCUT2D eigenvalue weighted by molar-refractivity contribution is 0.0998. The maximum Gasteiger partial charge on any atom is 0.291 e. The van der Waals surface area contributed by atoms with E-state index in [2.05, 4.69) is 5.32 Å². The van der Waals surface area contributed by atoms with Crippen LogP contribution in [0.4, 0.5) is 10.1 Å². The second-order valence-electron chi connectivity index (χ2n) is 4.97. The molecule has 0 aliphatic heterocycles. The number of rotatable bonds is 2. The third kappa shape index (κ3) is 2.40. The Balaban J connectivity index is 1.99. The summed E-state index contributed by atoms with van der Waals surface area (Å²) in [6, 6.07) is 11.7. The van der Waals surface area contributed by atoms with Crippen molar-refractivity contribution in [2.45, 2.75) is 13.8 Å². The van der Waals surface area contributed by atoms with Crippen LogP contribution in [-0.4, -0.2) is 5.91 Å². The van der Waals surface area contributed by atoms with Gasteiger partial charge in [0.1, 0.15) is 11.4 Å². The molecule has 3 rings (SSSR count). The molecule has 0 spiro atoms. The molecule has 0 unspecified atom stereocenters. The van der Waals surface area contributed by atoms with Crippen molar-refractivity contribution in [1.29, 1.82) is 0 Å². The zero-order chi connectivity index (χ0) is 15.0. The van der Waals surface area contributed by atoms with Crippen molar-refractivity contribution < 1.29 is 13.6 Å². The van der Waals surface area contributed by atoms with Gasteiger partial charge in [-0.2, -0.15) is 0 Å². The molecule has 1 N–H and O–H groups in total. The molecule has 1 amide bonds. The van der Waals surface area contributed by atoms with Crippen LogP contribution < -0.4 is 5.32 Å². The molecule has 2 aromatic carbocycles. The largest absolute Gasteiger partial charge is 0.451 e.